The lowest BCUT2D eigenvalue weighted by Gasteiger charge is -2.22. The van der Waals surface area contributed by atoms with Crippen molar-refractivity contribution in [3.63, 3.8) is 0 Å². The monoisotopic (exact) mass is 444 g/mol. The van der Waals surface area contributed by atoms with Gasteiger partial charge in [-0.15, -0.1) is 0 Å². The number of aliphatic hydroxyl groups is 2. The Kier molecular flexibility index (Phi) is 7.63. The van der Waals surface area contributed by atoms with Crippen LogP contribution in [0.5, 0.6) is 11.5 Å². The van der Waals surface area contributed by atoms with E-state index in [1.54, 1.807) is 42.5 Å². The van der Waals surface area contributed by atoms with Gasteiger partial charge in [0.15, 0.2) is 11.6 Å². The maximum absolute atomic E-state index is 15.6. The molecule has 0 aliphatic rings. The molecule has 162 valence electrons. The van der Waals surface area contributed by atoms with Crippen LogP contribution in [0.2, 0.25) is 5.02 Å². The molecule has 2 N–H and O–H groups in total. The summed E-state index contributed by atoms with van der Waals surface area (Å²) in [5.74, 6) is -2.77. The third-order valence-corrected chi connectivity index (χ3v) is 5.32. The highest BCUT2D eigenvalue weighted by molar-refractivity contribution is 6.33. The lowest BCUT2D eigenvalue weighted by Crippen LogP contribution is -2.19. The van der Waals surface area contributed by atoms with Crippen molar-refractivity contribution in [3.05, 3.63) is 93.8 Å². The molecule has 0 atom stereocenters. The summed E-state index contributed by atoms with van der Waals surface area (Å²) in [6, 6.07) is 17.4. The number of aliphatic hydroxyl groups excluding tert-OH is 2. The smallest absolute Gasteiger partial charge is 0.347 e. The largest absolute Gasteiger partial charge is 0.485 e. The molecule has 3 aromatic carbocycles. The molecule has 7 heteroatoms. The lowest BCUT2D eigenvalue weighted by atomic mass is 9.94. The van der Waals surface area contributed by atoms with Crippen molar-refractivity contribution in [2.45, 2.75) is 19.4 Å². The molecule has 0 heterocycles. The number of para-hydroxylation sites is 1. The van der Waals surface area contributed by atoms with Crippen LogP contribution in [0.1, 0.15) is 33.0 Å². The Balaban J connectivity index is 2.09. The van der Waals surface area contributed by atoms with Crippen LogP contribution in [0.3, 0.4) is 0 Å². The molecule has 0 aliphatic carbocycles. The van der Waals surface area contributed by atoms with E-state index in [0.717, 1.165) is 5.56 Å². The van der Waals surface area contributed by atoms with E-state index in [1.807, 2.05) is 18.2 Å². The molecule has 0 bridgehead atoms. The summed E-state index contributed by atoms with van der Waals surface area (Å²) in [5.41, 5.74) is 0.734. The minimum atomic E-state index is -0.968. The fraction of sp³-hybridized carbons (Fsp3) is 0.208. The topological polar surface area (TPSA) is 76.0 Å². The lowest BCUT2D eigenvalue weighted by molar-refractivity contribution is 0.0727. The first-order chi connectivity index (χ1) is 15.0. The summed E-state index contributed by atoms with van der Waals surface area (Å²) in [6.07, 6.45) is 0. The second-order valence-electron chi connectivity index (χ2n) is 6.91. The molecule has 31 heavy (non-hydrogen) atoms. The molecule has 0 aliphatic heterocycles. The van der Waals surface area contributed by atoms with E-state index in [1.165, 1.54) is 6.92 Å². The van der Waals surface area contributed by atoms with Gasteiger partial charge in [0.05, 0.1) is 18.2 Å². The second kappa shape index (κ2) is 10.4. The molecule has 0 radical (unpaired) electrons. The van der Waals surface area contributed by atoms with E-state index >= 15 is 4.39 Å². The van der Waals surface area contributed by atoms with Crippen molar-refractivity contribution in [1.29, 1.82) is 0 Å². The molecule has 0 aromatic heterocycles. The first-order valence-corrected chi connectivity index (χ1v) is 10.0. The zero-order valence-electron chi connectivity index (χ0n) is 16.8. The third kappa shape index (κ3) is 5.05. The summed E-state index contributed by atoms with van der Waals surface area (Å²) in [5, 5.41) is 19.1. The summed E-state index contributed by atoms with van der Waals surface area (Å²) < 4.78 is 26.7. The Morgan fingerprint density at radius 1 is 1.03 bits per heavy atom. The minimum Gasteiger partial charge on any atom is -0.485 e. The standard InChI is InChI=1S/C24H22ClFO5/c1-15-19(24(29)31-18-10-6-3-7-11-18)23(30-14-16-8-4-2-5-9-16)22(26)20(21(15)25)17(12-27)13-28/h2-11,17,27-28H,12-14H2,1H3. The van der Waals surface area contributed by atoms with Crippen molar-refractivity contribution in [2.24, 2.45) is 0 Å². The number of hydrogen-bond donors (Lipinski definition) is 2. The van der Waals surface area contributed by atoms with Crippen molar-refractivity contribution in [3.8, 4) is 11.5 Å². The molecular weight excluding hydrogens is 423 g/mol. The number of halogens is 2. The van der Waals surface area contributed by atoms with Crippen LogP contribution >= 0.6 is 11.6 Å². The number of carbonyl (C=O) groups is 1. The van der Waals surface area contributed by atoms with E-state index < -0.39 is 30.9 Å². The predicted molar refractivity (Wildman–Crippen MR) is 115 cm³/mol. The van der Waals surface area contributed by atoms with E-state index in [0.29, 0.717) is 0 Å². The Morgan fingerprint density at radius 3 is 2.19 bits per heavy atom. The van der Waals surface area contributed by atoms with Crippen molar-refractivity contribution in [2.75, 3.05) is 13.2 Å². The van der Waals surface area contributed by atoms with Crippen LogP contribution in [-0.2, 0) is 6.61 Å². The summed E-state index contributed by atoms with van der Waals surface area (Å²) in [7, 11) is 0. The van der Waals surface area contributed by atoms with Gasteiger partial charge < -0.3 is 19.7 Å². The van der Waals surface area contributed by atoms with Crippen molar-refractivity contribution < 1.29 is 28.9 Å². The van der Waals surface area contributed by atoms with Crippen molar-refractivity contribution in [1.82, 2.24) is 0 Å². The minimum absolute atomic E-state index is 0.00714. The van der Waals surface area contributed by atoms with Crippen LogP contribution in [0, 0.1) is 12.7 Å². The number of ether oxygens (including phenoxy) is 2. The Bertz CT molecular complexity index is 1040. The number of benzene rings is 3. The van der Waals surface area contributed by atoms with Gasteiger partial charge in [-0.25, -0.2) is 9.18 Å². The Labute approximate surface area is 184 Å². The normalized spacial score (nSPS) is 10.9. The molecular formula is C24H22ClFO5. The van der Waals surface area contributed by atoms with E-state index in [4.69, 9.17) is 21.1 Å². The van der Waals surface area contributed by atoms with Crippen molar-refractivity contribution >= 4 is 17.6 Å². The third-order valence-electron chi connectivity index (χ3n) is 4.84. The first-order valence-electron chi connectivity index (χ1n) is 9.65. The molecule has 0 saturated carbocycles. The van der Waals surface area contributed by atoms with E-state index in [-0.39, 0.29) is 39.8 Å². The van der Waals surface area contributed by atoms with Gasteiger partial charge in [0.2, 0.25) is 0 Å². The van der Waals surface area contributed by atoms with Crippen LogP contribution < -0.4 is 9.47 Å². The van der Waals surface area contributed by atoms with Crippen LogP contribution in [0.4, 0.5) is 4.39 Å². The number of carbonyl (C=O) groups excluding carboxylic acids is 1. The van der Waals surface area contributed by atoms with Gasteiger partial charge in [-0.3, -0.25) is 0 Å². The average molecular weight is 445 g/mol. The first kappa shape index (κ1) is 22.7. The number of esters is 1. The maximum atomic E-state index is 15.6. The quantitative estimate of drug-likeness (QED) is 0.390. The van der Waals surface area contributed by atoms with Crippen LogP contribution in [0.25, 0.3) is 0 Å². The zero-order valence-corrected chi connectivity index (χ0v) is 17.6. The SMILES string of the molecule is Cc1c(Cl)c(C(CO)CO)c(F)c(OCc2ccccc2)c1C(=O)Oc1ccccc1. The van der Waals surface area contributed by atoms with Gasteiger partial charge in [-0.2, -0.15) is 0 Å². The van der Waals surface area contributed by atoms with Gasteiger partial charge in [-0.05, 0) is 30.2 Å². The van der Waals surface area contributed by atoms with E-state index in [2.05, 4.69) is 0 Å². The Hall–Kier alpha value is -2.93. The summed E-state index contributed by atoms with van der Waals surface area (Å²) >= 11 is 6.37. The average Bonchev–Trinajstić information content (AvgIpc) is 2.79. The molecule has 0 unspecified atom stereocenters. The summed E-state index contributed by atoms with van der Waals surface area (Å²) in [4.78, 5) is 13.0. The van der Waals surface area contributed by atoms with Crippen LogP contribution in [-0.4, -0.2) is 29.4 Å². The van der Waals surface area contributed by atoms with Gasteiger partial charge in [0.25, 0.3) is 0 Å². The highest BCUT2D eigenvalue weighted by Gasteiger charge is 2.31. The highest BCUT2D eigenvalue weighted by Crippen LogP contribution is 2.40. The van der Waals surface area contributed by atoms with E-state index in [9.17, 15) is 15.0 Å². The number of rotatable bonds is 8. The van der Waals surface area contributed by atoms with Crippen LogP contribution in [0.15, 0.2) is 60.7 Å². The molecule has 3 rings (SSSR count). The molecule has 5 nitrogen and oxygen atoms in total. The fourth-order valence-corrected chi connectivity index (χ4v) is 3.50. The highest BCUT2D eigenvalue weighted by atomic mass is 35.5. The molecule has 3 aromatic rings. The number of hydrogen-bond acceptors (Lipinski definition) is 5. The maximum Gasteiger partial charge on any atom is 0.347 e. The Morgan fingerprint density at radius 2 is 1.61 bits per heavy atom. The van der Waals surface area contributed by atoms with Gasteiger partial charge in [0, 0.05) is 11.5 Å². The van der Waals surface area contributed by atoms with Gasteiger partial charge >= 0.3 is 5.97 Å². The molecule has 0 saturated heterocycles. The zero-order chi connectivity index (χ0) is 22.4. The molecule has 0 amide bonds. The second-order valence-corrected chi connectivity index (χ2v) is 7.29. The molecule has 0 spiro atoms. The molecule has 0 fully saturated rings. The predicted octanol–water partition coefficient (Wildman–Crippen LogP) is 4.65. The van der Waals surface area contributed by atoms with Gasteiger partial charge in [0.1, 0.15) is 17.9 Å². The summed E-state index contributed by atoms with van der Waals surface area (Å²) in [6.45, 7) is 0.470. The fourth-order valence-electron chi connectivity index (χ4n) is 3.17. The van der Waals surface area contributed by atoms with Gasteiger partial charge in [-0.1, -0.05) is 60.1 Å².